The van der Waals surface area contributed by atoms with Crippen LogP contribution in [-0.2, 0) is 0 Å². The van der Waals surface area contributed by atoms with E-state index in [1.807, 2.05) is 13.8 Å². The fourth-order valence-electron chi connectivity index (χ4n) is 1.65. The van der Waals surface area contributed by atoms with Gasteiger partial charge in [-0.25, -0.2) is 4.79 Å². The summed E-state index contributed by atoms with van der Waals surface area (Å²) in [6.45, 7) is 6.03. The Kier molecular flexibility index (Phi) is 4.89. The van der Waals surface area contributed by atoms with Crippen molar-refractivity contribution in [3.8, 4) is 0 Å². The van der Waals surface area contributed by atoms with Crippen LogP contribution >= 0.6 is 0 Å². The van der Waals surface area contributed by atoms with Gasteiger partial charge in [0.1, 0.15) is 0 Å². The maximum atomic E-state index is 12.0. The van der Waals surface area contributed by atoms with E-state index in [1.165, 1.54) is 12.1 Å². The van der Waals surface area contributed by atoms with Gasteiger partial charge in [0, 0.05) is 6.04 Å². The molecule has 0 spiro atoms. The Balaban J connectivity index is 2.88. The molecule has 0 aliphatic carbocycles. The highest BCUT2D eigenvalue weighted by atomic mass is 16.4. The van der Waals surface area contributed by atoms with Gasteiger partial charge in [-0.05, 0) is 25.0 Å². The van der Waals surface area contributed by atoms with Crippen LogP contribution in [0.3, 0.4) is 0 Å². The van der Waals surface area contributed by atoms with E-state index in [0.717, 1.165) is 6.42 Å². The number of amides is 1. The van der Waals surface area contributed by atoms with Gasteiger partial charge in [0.05, 0.1) is 11.1 Å². The minimum absolute atomic E-state index is 0.0179. The second kappa shape index (κ2) is 6.19. The van der Waals surface area contributed by atoms with Crippen LogP contribution in [0.4, 0.5) is 0 Å². The number of aromatic carboxylic acids is 1. The van der Waals surface area contributed by atoms with Crippen molar-refractivity contribution in [2.24, 2.45) is 5.92 Å². The first kappa shape index (κ1) is 14.2. The molecule has 0 fully saturated rings. The molecule has 98 valence electrons. The standard InChI is InChI=1S/C14H19NO3/c1-4-9(2)10(3)15-13(16)11-7-5-6-8-12(11)14(17)18/h5-10H,4H2,1-3H3,(H,15,16)(H,17,18). The first-order valence-electron chi connectivity index (χ1n) is 6.10. The van der Waals surface area contributed by atoms with Crippen LogP contribution in [0, 0.1) is 5.92 Å². The van der Waals surface area contributed by atoms with Crippen molar-refractivity contribution in [3.05, 3.63) is 35.4 Å². The third-order valence-electron chi connectivity index (χ3n) is 3.26. The Hall–Kier alpha value is -1.84. The first-order valence-corrected chi connectivity index (χ1v) is 6.10. The van der Waals surface area contributed by atoms with E-state index >= 15 is 0 Å². The average Bonchev–Trinajstić information content (AvgIpc) is 2.37. The van der Waals surface area contributed by atoms with Crippen LogP contribution in [0.25, 0.3) is 0 Å². The predicted octanol–water partition coefficient (Wildman–Crippen LogP) is 2.55. The van der Waals surface area contributed by atoms with E-state index in [0.29, 0.717) is 5.92 Å². The minimum atomic E-state index is -1.09. The molecule has 4 heteroatoms. The zero-order valence-corrected chi connectivity index (χ0v) is 10.9. The van der Waals surface area contributed by atoms with Crippen molar-refractivity contribution < 1.29 is 14.7 Å². The maximum Gasteiger partial charge on any atom is 0.336 e. The van der Waals surface area contributed by atoms with E-state index in [2.05, 4.69) is 12.2 Å². The van der Waals surface area contributed by atoms with E-state index in [4.69, 9.17) is 5.11 Å². The summed E-state index contributed by atoms with van der Waals surface area (Å²) in [5, 5.41) is 11.9. The molecule has 0 heterocycles. The summed E-state index contributed by atoms with van der Waals surface area (Å²) in [5.74, 6) is -1.07. The largest absolute Gasteiger partial charge is 0.478 e. The number of carbonyl (C=O) groups is 2. The highest BCUT2D eigenvalue weighted by Crippen LogP contribution is 2.11. The third kappa shape index (κ3) is 3.32. The monoisotopic (exact) mass is 249 g/mol. The molecular weight excluding hydrogens is 230 g/mol. The number of hydrogen-bond donors (Lipinski definition) is 2. The summed E-state index contributed by atoms with van der Waals surface area (Å²) in [6.07, 6.45) is 0.960. The SMILES string of the molecule is CCC(C)C(C)NC(=O)c1ccccc1C(=O)O. The van der Waals surface area contributed by atoms with Gasteiger partial charge < -0.3 is 10.4 Å². The summed E-state index contributed by atoms with van der Waals surface area (Å²) in [4.78, 5) is 23.0. The molecule has 1 aromatic rings. The van der Waals surface area contributed by atoms with Crippen molar-refractivity contribution in [3.63, 3.8) is 0 Å². The van der Waals surface area contributed by atoms with Crippen LogP contribution in [0.15, 0.2) is 24.3 Å². The molecule has 0 aromatic heterocycles. The number of nitrogens with one attached hydrogen (secondary N) is 1. The summed E-state index contributed by atoms with van der Waals surface area (Å²) in [6, 6.07) is 6.25. The first-order chi connectivity index (χ1) is 8.47. The quantitative estimate of drug-likeness (QED) is 0.842. The van der Waals surface area contributed by atoms with Gasteiger partial charge in [0.15, 0.2) is 0 Å². The maximum absolute atomic E-state index is 12.0. The fourth-order valence-corrected chi connectivity index (χ4v) is 1.65. The lowest BCUT2D eigenvalue weighted by Gasteiger charge is -2.20. The lowest BCUT2D eigenvalue weighted by molar-refractivity contribution is 0.0690. The molecule has 1 amide bonds. The molecule has 18 heavy (non-hydrogen) atoms. The molecule has 0 aliphatic heterocycles. The highest BCUT2D eigenvalue weighted by molar-refractivity contribution is 6.04. The zero-order chi connectivity index (χ0) is 13.7. The number of rotatable bonds is 5. The van der Waals surface area contributed by atoms with E-state index < -0.39 is 5.97 Å². The van der Waals surface area contributed by atoms with Crippen molar-refractivity contribution in [1.29, 1.82) is 0 Å². The zero-order valence-electron chi connectivity index (χ0n) is 10.9. The molecule has 2 atom stereocenters. The lowest BCUT2D eigenvalue weighted by Crippen LogP contribution is -2.37. The minimum Gasteiger partial charge on any atom is -0.478 e. The van der Waals surface area contributed by atoms with Crippen molar-refractivity contribution in [1.82, 2.24) is 5.32 Å². The average molecular weight is 249 g/mol. The Morgan fingerprint density at radius 3 is 2.28 bits per heavy atom. The smallest absolute Gasteiger partial charge is 0.336 e. The van der Waals surface area contributed by atoms with E-state index in [-0.39, 0.29) is 23.1 Å². The van der Waals surface area contributed by atoms with Crippen LogP contribution in [-0.4, -0.2) is 23.0 Å². The molecule has 2 unspecified atom stereocenters. The topological polar surface area (TPSA) is 66.4 Å². The van der Waals surface area contributed by atoms with Crippen molar-refractivity contribution >= 4 is 11.9 Å². The lowest BCUT2D eigenvalue weighted by atomic mass is 10.00. The molecular formula is C14H19NO3. The molecule has 2 N–H and O–H groups in total. The molecule has 0 bridgehead atoms. The van der Waals surface area contributed by atoms with Crippen LogP contribution < -0.4 is 5.32 Å². The van der Waals surface area contributed by atoms with Gasteiger partial charge in [0.2, 0.25) is 0 Å². The molecule has 0 aliphatic rings. The second-order valence-corrected chi connectivity index (χ2v) is 4.50. The summed E-state index contributed by atoms with van der Waals surface area (Å²) in [7, 11) is 0. The highest BCUT2D eigenvalue weighted by Gasteiger charge is 2.19. The van der Waals surface area contributed by atoms with Crippen LogP contribution in [0.5, 0.6) is 0 Å². The molecule has 0 saturated heterocycles. The molecule has 1 rings (SSSR count). The molecule has 0 radical (unpaired) electrons. The fraction of sp³-hybridized carbons (Fsp3) is 0.429. The van der Waals surface area contributed by atoms with Gasteiger partial charge in [-0.1, -0.05) is 32.4 Å². The number of carbonyl (C=O) groups excluding carboxylic acids is 1. The third-order valence-corrected chi connectivity index (χ3v) is 3.26. The number of hydrogen-bond acceptors (Lipinski definition) is 2. The van der Waals surface area contributed by atoms with Gasteiger partial charge in [-0.15, -0.1) is 0 Å². The Bertz CT molecular complexity index is 442. The Labute approximate surface area is 107 Å². The van der Waals surface area contributed by atoms with Gasteiger partial charge >= 0.3 is 5.97 Å². The van der Waals surface area contributed by atoms with Crippen molar-refractivity contribution in [2.45, 2.75) is 33.2 Å². The molecule has 0 saturated carbocycles. The number of carboxylic acid groups (broad SMARTS) is 1. The summed E-state index contributed by atoms with van der Waals surface area (Å²) < 4.78 is 0. The van der Waals surface area contributed by atoms with E-state index in [9.17, 15) is 9.59 Å². The number of benzene rings is 1. The van der Waals surface area contributed by atoms with Gasteiger partial charge in [-0.3, -0.25) is 4.79 Å². The Morgan fingerprint density at radius 2 is 1.78 bits per heavy atom. The Morgan fingerprint density at radius 1 is 1.22 bits per heavy atom. The second-order valence-electron chi connectivity index (χ2n) is 4.50. The predicted molar refractivity (Wildman–Crippen MR) is 69.8 cm³/mol. The summed E-state index contributed by atoms with van der Waals surface area (Å²) in [5.41, 5.74) is 0.242. The molecule has 4 nitrogen and oxygen atoms in total. The molecule has 1 aromatic carbocycles. The number of carboxylic acids is 1. The van der Waals surface area contributed by atoms with Gasteiger partial charge in [-0.2, -0.15) is 0 Å². The van der Waals surface area contributed by atoms with Crippen LogP contribution in [0.1, 0.15) is 47.9 Å². The normalized spacial score (nSPS) is 13.7. The van der Waals surface area contributed by atoms with Crippen LogP contribution in [0.2, 0.25) is 0 Å². The van der Waals surface area contributed by atoms with Crippen molar-refractivity contribution in [2.75, 3.05) is 0 Å². The van der Waals surface area contributed by atoms with Gasteiger partial charge in [0.25, 0.3) is 5.91 Å². The van der Waals surface area contributed by atoms with E-state index in [1.54, 1.807) is 12.1 Å². The summed E-state index contributed by atoms with van der Waals surface area (Å²) >= 11 is 0.